The molecule has 0 amide bonds. The average molecular weight is 201 g/mol. The topological polar surface area (TPSA) is 60.8 Å². The van der Waals surface area contributed by atoms with Gasteiger partial charge < -0.3 is 10.3 Å². The first-order chi connectivity index (χ1) is 6.63. The van der Waals surface area contributed by atoms with Crippen LogP contribution in [-0.2, 0) is 4.79 Å². The molecule has 1 heterocycles. The number of hydrogen-bond acceptors (Lipinski definition) is 3. The minimum Gasteiger partial charge on any atom is -0.480 e. The molecule has 0 aliphatic carbocycles. The highest BCUT2D eigenvalue weighted by molar-refractivity contribution is 5.78. The van der Waals surface area contributed by atoms with E-state index in [1.54, 1.807) is 0 Å². The van der Waals surface area contributed by atoms with Crippen molar-refractivity contribution < 1.29 is 15.1 Å². The van der Waals surface area contributed by atoms with Crippen molar-refractivity contribution in [2.24, 2.45) is 0 Å². The molecule has 4 heteroatoms. The molecule has 1 atom stereocenters. The first-order valence-electron chi connectivity index (χ1n) is 5.33. The lowest BCUT2D eigenvalue weighted by atomic mass is 9.90. The van der Waals surface area contributed by atoms with Crippen molar-refractivity contribution in [3.8, 4) is 0 Å². The molecule has 0 aromatic heterocycles. The molecule has 1 unspecified atom stereocenters. The summed E-state index contributed by atoms with van der Waals surface area (Å²) in [4.78, 5) is 11.1. The Labute approximate surface area is 84.5 Å². The quantitative estimate of drug-likeness (QED) is 0.667. The molecule has 4 nitrogen and oxygen atoms in total. The third-order valence-corrected chi connectivity index (χ3v) is 3.05. The number of carboxylic acid groups (broad SMARTS) is 1. The summed E-state index contributed by atoms with van der Waals surface area (Å²) in [7, 11) is 0. The Balaban J connectivity index is 2.58. The van der Waals surface area contributed by atoms with Crippen LogP contribution in [-0.4, -0.2) is 33.4 Å². The van der Waals surface area contributed by atoms with Crippen LogP contribution in [0.2, 0.25) is 0 Å². The second kappa shape index (κ2) is 4.75. The third-order valence-electron chi connectivity index (χ3n) is 3.05. The van der Waals surface area contributed by atoms with Crippen molar-refractivity contribution in [3.05, 3.63) is 0 Å². The van der Waals surface area contributed by atoms with Gasteiger partial charge >= 0.3 is 5.97 Å². The van der Waals surface area contributed by atoms with Crippen LogP contribution in [0.5, 0.6) is 0 Å². The highest BCUT2D eigenvalue weighted by Gasteiger charge is 2.46. The van der Waals surface area contributed by atoms with E-state index in [0.29, 0.717) is 19.4 Å². The number of carboxylic acids is 1. The number of hydrogen-bond donors (Lipinski definition) is 2. The Morgan fingerprint density at radius 3 is 2.64 bits per heavy atom. The van der Waals surface area contributed by atoms with Crippen molar-refractivity contribution in [1.29, 1.82) is 0 Å². The number of hydroxylamine groups is 2. The van der Waals surface area contributed by atoms with E-state index >= 15 is 0 Å². The molecule has 1 saturated heterocycles. The lowest BCUT2D eigenvalue weighted by Crippen LogP contribution is -2.48. The SMILES string of the molecule is CCCCCC1(C(=O)O)CCCN1O. The number of rotatable bonds is 5. The average Bonchev–Trinajstić information content (AvgIpc) is 2.49. The summed E-state index contributed by atoms with van der Waals surface area (Å²) in [5, 5.41) is 19.7. The summed E-state index contributed by atoms with van der Waals surface area (Å²) >= 11 is 0. The summed E-state index contributed by atoms with van der Waals surface area (Å²) in [6.45, 7) is 2.57. The molecule has 0 spiro atoms. The minimum absolute atomic E-state index is 0.485. The summed E-state index contributed by atoms with van der Waals surface area (Å²) < 4.78 is 0. The Morgan fingerprint density at radius 1 is 1.50 bits per heavy atom. The molecular formula is C10H19NO3. The molecular weight excluding hydrogens is 182 g/mol. The fraction of sp³-hybridized carbons (Fsp3) is 0.900. The monoisotopic (exact) mass is 201 g/mol. The van der Waals surface area contributed by atoms with Gasteiger partial charge in [-0.25, -0.2) is 0 Å². The number of nitrogens with zero attached hydrogens (tertiary/aromatic N) is 1. The maximum atomic E-state index is 11.1. The molecule has 0 radical (unpaired) electrons. The molecule has 82 valence electrons. The maximum absolute atomic E-state index is 11.1. The minimum atomic E-state index is -0.991. The second-order valence-electron chi connectivity index (χ2n) is 4.02. The van der Waals surface area contributed by atoms with E-state index in [2.05, 4.69) is 6.92 Å². The highest BCUT2D eigenvalue weighted by atomic mass is 16.5. The zero-order valence-corrected chi connectivity index (χ0v) is 8.70. The zero-order chi connectivity index (χ0) is 10.6. The highest BCUT2D eigenvalue weighted by Crippen LogP contribution is 2.32. The van der Waals surface area contributed by atoms with Crippen LogP contribution in [0.4, 0.5) is 0 Å². The van der Waals surface area contributed by atoms with Crippen LogP contribution in [0.3, 0.4) is 0 Å². The van der Waals surface area contributed by atoms with Gasteiger partial charge in [-0.15, -0.1) is 0 Å². The van der Waals surface area contributed by atoms with Crippen molar-refractivity contribution in [2.75, 3.05) is 6.54 Å². The predicted octanol–water partition coefficient (Wildman–Crippen LogP) is 1.88. The first-order valence-corrected chi connectivity index (χ1v) is 5.33. The van der Waals surface area contributed by atoms with Gasteiger partial charge in [-0.05, 0) is 19.3 Å². The van der Waals surface area contributed by atoms with Gasteiger partial charge in [-0.2, -0.15) is 5.06 Å². The van der Waals surface area contributed by atoms with Gasteiger partial charge in [0.1, 0.15) is 5.54 Å². The molecule has 0 aromatic carbocycles. The summed E-state index contributed by atoms with van der Waals surface area (Å²) in [6.07, 6.45) is 4.88. The molecule has 0 aromatic rings. The molecule has 1 aliphatic rings. The maximum Gasteiger partial charge on any atom is 0.326 e. The smallest absolute Gasteiger partial charge is 0.326 e. The summed E-state index contributed by atoms with van der Waals surface area (Å²) in [5.74, 6) is -0.881. The summed E-state index contributed by atoms with van der Waals surface area (Å²) in [6, 6.07) is 0. The van der Waals surface area contributed by atoms with E-state index in [-0.39, 0.29) is 0 Å². The van der Waals surface area contributed by atoms with Crippen molar-refractivity contribution in [2.45, 2.75) is 51.0 Å². The first kappa shape index (κ1) is 11.5. The second-order valence-corrected chi connectivity index (χ2v) is 4.02. The van der Waals surface area contributed by atoms with E-state index in [9.17, 15) is 10.0 Å². The predicted molar refractivity (Wildman–Crippen MR) is 52.2 cm³/mol. The van der Waals surface area contributed by atoms with Crippen LogP contribution in [0, 0.1) is 0 Å². The van der Waals surface area contributed by atoms with Gasteiger partial charge in [0.25, 0.3) is 0 Å². The largest absolute Gasteiger partial charge is 0.480 e. The molecule has 1 aliphatic heterocycles. The van der Waals surface area contributed by atoms with Crippen LogP contribution in [0.15, 0.2) is 0 Å². The van der Waals surface area contributed by atoms with Gasteiger partial charge in [0.2, 0.25) is 0 Å². The number of aliphatic carboxylic acids is 1. The Morgan fingerprint density at radius 2 is 2.21 bits per heavy atom. The van der Waals surface area contributed by atoms with Crippen LogP contribution in [0.1, 0.15) is 45.4 Å². The number of carbonyl (C=O) groups is 1. The molecule has 0 saturated carbocycles. The van der Waals surface area contributed by atoms with Gasteiger partial charge in [0.15, 0.2) is 0 Å². The lowest BCUT2D eigenvalue weighted by Gasteiger charge is -2.29. The van der Waals surface area contributed by atoms with Crippen LogP contribution >= 0.6 is 0 Å². The van der Waals surface area contributed by atoms with E-state index in [0.717, 1.165) is 30.7 Å². The third kappa shape index (κ3) is 2.07. The van der Waals surface area contributed by atoms with E-state index in [4.69, 9.17) is 5.11 Å². The van der Waals surface area contributed by atoms with Crippen molar-refractivity contribution >= 4 is 5.97 Å². The summed E-state index contributed by atoms with van der Waals surface area (Å²) in [5.41, 5.74) is -0.991. The molecule has 1 rings (SSSR count). The number of unbranched alkanes of at least 4 members (excludes halogenated alkanes) is 2. The van der Waals surface area contributed by atoms with Gasteiger partial charge in [0, 0.05) is 6.54 Å². The van der Waals surface area contributed by atoms with Crippen molar-refractivity contribution in [3.63, 3.8) is 0 Å². The van der Waals surface area contributed by atoms with Gasteiger partial charge in [-0.1, -0.05) is 26.2 Å². The molecule has 14 heavy (non-hydrogen) atoms. The fourth-order valence-corrected chi connectivity index (χ4v) is 2.11. The van der Waals surface area contributed by atoms with Crippen LogP contribution < -0.4 is 0 Å². The van der Waals surface area contributed by atoms with Gasteiger partial charge in [-0.3, -0.25) is 4.79 Å². The van der Waals surface area contributed by atoms with Gasteiger partial charge in [0.05, 0.1) is 0 Å². The Bertz CT molecular complexity index is 208. The van der Waals surface area contributed by atoms with E-state index < -0.39 is 11.5 Å². The van der Waals surface area contributed by atoms with E-state index in [1.165, 1.54) is 0 Å². The normalized spacial score (nSPS) is 28.1. The van der Waals surface area contributed by atoms with Crippen LogP contribution in [0.25, 0.3) is 0 Å². The molecule has 1 fully saturated rings. The van der Waals surface area contributed by atoms with E-state index in [1.807, 2.05) is 0 Å². The standard InChI is InChI=1S/C10H19NO3/c1-2-3-4-6-10(9(12)13)7-5-8-11(10)14/h14H,2-8H2,1H3,(H,12,13). The molecule has 2 N–H and O–H groups in total. The lowest BCUT2D eigenvalue weighted by molar-refractivity contribution is -0.186. The molecule has 0 bridgehead atoms. The fourth-order valence-electron chi connectivity index (χ4n) is 2.11. The Kier molecular flexibility index (Phi) is 3.89. The van der Waals surface area contributed by atoms with Crippen molar-refractivity contribution in [1.82, 2.24) is 5.06 Å². The Hall–Kier alpha value is -0.610. The zero-order valence-electron chi connectivity index (χ0n) is 8.70.